The Hall–Kier alpha value is -0.610. The minimum atomic E-state index is 0.218. The van der Waals surface area contributed by atoms with Crippen molar-refractivity contribution in [1.82, 2.24) is 4.90 Å². The Bertz CT molecular complexity index is 310. The zero-order chi connectivity index (χ0) is 15.9. The van der Waals surface area contributed by atoms with Crippen LogP contribution in [0.15, 0.2) is 0 Å². The summed E-state index contributed by atoms with van der Waals surface area (Å²) in [6, 6.07) is 0. The van der Waals surface area contributed by atoms with E-state index in [1.54, 1.807) is 0 Å². The monoisotopic (exact) mass is 298 g/mol. The fourth-order valence-corrected chi connectivity index (χ4v) is 3.20. The summed E-state index contributed by atoms with van der Waals surface area (Å²) in [5, 5.41) is 0. The number of nitrogens with zero attached hydrogens (tertiary/aromatic N) is 1. The fourth-order valence-electron chi connectivity index (χ4n) is 3.20. The first-order chi connectivity index (χ1) is 9.88. The molecule has 124 valence electrons. The quantitative estimate of drug-likeness (QED) is 0.786. The van der Waals surface area contributed by atoms with Gasteiger partial charge in [-0.25, -0.2) is 0 Å². The largest absolute Gasteiger partial charge is 0.377 e. The van der Waals surface area contributed by atoms with Crippen LogP contribution in [0.1, 0.15) is 59.8 Å². The van der Waals surface area contributed by atoms with E-state index in [9.17, 15) is 4.79 Å². The van der Waals surface area contributed by atoms with Crippen LogP contribution in [0.25, 0.3) is 0 Å². The molecule has 1 aliphatic rings. The van der Waals surface area contributed by atoms with Crippen LogP contribution in [0.2, 0.25) is 0 Å². The predicted molar refractivity (Wildman–Crippen MR) is 87.1 cm³/mol. The van der Waals surface area contributed by atoms with Crippen molar-refractivity contribution < 1.29 is 9.53 Å². The molecule has 0 aromatic carbocycles. The van der Waals surface area contributed by atoms with Gasteiger partial charge in [0.2, 0.25) is 5.91 Å². The van der Waals surface area contributed by atoms with Crippen molar-refractivity contribution in [3.05, 3.63) is 0 Å². The maximum absolute atomic E-state index is 12.4. The summed E-state index contributed by atoms with van der Waals surface area (Å²) in [6.07, 6.45) is 4.95. The topological polar surface area (TPSA) is 55.6 Å². The van der Waals surface area contributed by atoms with Crippen molar-refractivity contribution in [3.8, 4) is 0 Å². The average Bonchev–Trinajstić information content (AvgIpc) is 2.42. The summed E-state index contributed by atoms with van der Waals surface area (Å²) >= 11 is 0. The molecular formula is C17H34N2O2. The Balaban J connectivity index is 2.44. The van der Waals surface area contributed by atoms with Crippen molar-refractivity contribution in [1.29, 1.82) is 0 Å². The standard InChI is InChI=1S/C17H34N2O2/c1-5-21-15-7-6-12-19(13-15)16(20)9-8-14(10-11-18)17(2,3)4/h14-15H,5-13,18H2,1-4H3. The van der Waals surface area contributed by atoms with Crippen LogP contribution in [-0.2, 0) is 9.53 Å². The first-order valence-corrected chi connectivity index (χ1v) is 8.48. The van der Waals surface area contributed by atoms with Crippen molar-refractivity contribution in [2.45, 2.75) is 65.9 Å². The van der Waals surface area contributed by atoms with E-state index in [0.29, 0.717) is 18.9 Å². The molecule has 4 heteroatoms. The molecule has 0 spiro atoms. The normalized spacial score (nSPS) is 21.4. The molecule has 21 heavy (non-hydrogen) atoms. The van der Waals surface area contributed by atoms with Crippen molar-refractivity contribution >= 4 is 5.91 Å². The summed E-state index contributed by atoms with van der Waals surface area (Å²) in [6.45, 7) is 11.8. The number of hydrogen-bond acceptors (Lipinski definition) is 3. The highest BCUT2D eigenvalue weighted by molar-refractivity contribution is 5.76. The molecule has 0 aromatic heterocycles. The number of ether oxygens (including phenoxy) is 1. The van der Waals surface area contributed by atoms with Crippen LogP contribution < -0.4 is 5.73 Å². The summed E-state index contributed by atoms with van der Waals surface area (Å²) < 4.78 is 5.67. The van der Waals surface area contributed by atoms with Crippen molar-refractivity contribution in [2.75, 3.05) is 26.2 Å². The second-order valence-corrected chi connectivity index (χ2v) is 7.24. The molecule has 0 aliphatic carbocycles. The maximum atomic E-state index is 12.4. The molecule has 1 rings (SSSR count). The highest BCUT2D eigenvalue weighted by Crippen LogP contribution is 2.32. The average molecular weight is 298 g/mol. The molecule has 1 heterocycles. The molecule has 4 nitrogen and oxygen atoms in total. The number of amides is 1. The highest BCUT2D eigenvalue weighted by Gasteiger charge is 2.27. The smallest absolute Gasteiger partial charge is 0.222 e. The molecule has 0 aromatic rings. The lowest BCUT2D eigenvalue weighted by molar-refractivity contribution is -0.135. The van der Waals surface area contributed by atoms with Crippen LogP contribution in [0.5, 0.6) is 0 Å². The Morgan fingerprint density at radius 3 is 2.67 bits per heavy atom. The number of rotatable bonds is 7. The summed E-state index contributed by atoms with van der Waals surface area (Å²) in [4.78, 5) is 14.4. The van der Waals surface area contributed by atoms with Crippen LogP contribution in [-0.4, -0.2) is 43.2 Å². The molecule has 0 saturated carbocycles. The van der Waals surface area contributed by atoms with E-state index in [2.05, 4.69) is 20.8 Å². The summed E-state index contributed by atoms with van der Waals surface area (Å²) in [5.41, 5.74) is 5.93. The van der Waals surface area contributed by atoms with Gasteiger partial charge in [-0.3, -0.25) is 4.79 Å². The van der Waals surface area contributed by atoms with Crippen LogP contribution in [0.3, 0.4) is 0 Å². The highest BCUT2D eigenvalue weighted by atomic mass is 16.5. The SMILES string of the molecule is CCOC1CCCN(C(=O)CCC(CCN)C(C)(C)C)C1. The second-order valence-electron chi connectivity index (χ2n) is 7.24. The third kappa shape index (κ3) is 6.35. The first-order valence-electron chi connectivity index (χ1n) is 8.48. The van der Waals surface area contributed by atoms with Gasteiger partial charge in [0.25, 0.3) is 0 Å². The number of carbonyl (C=O) groups excluding carboxylic acids is 1. The van der Waals surface area contributed by atoms with Crippen molar-refractivity contribution in [2.24, 2.45) is 17.1 Å². The molecule has 1 saturated heterocycles. The minimum Gasteiger partial charge on any atom is -0.377 e. The lowest BCUT2D eigenvalue weighted by Gasteiger charge is -2.34. The number of hydrogen-bond donors (Lipinski definition) is 1. The molecule has 0 radical (unpaired) electrons. The number of piperidine rings is 1. The molecule has 0 bridgehead atoms. The molecule has 2 unspecified atom stereocenters. The maximum Gasteiger partial charge on any atom is 0.222 e. The van der Waals surface area contributed by atoms with Crippen LogP contribution in [0.4, 0.5) is 0 Å². The van der Waals surface area contributed by atoms with Gasteiger partial charge in [-0.05, 0) is 50.5 Å². The number of nitrogens with two attached hydrogens (primary N) is 1. The summed E-state index contributed by atoms with van der Waals surface area (Å²) in [7, 11) is 0. The van der Waals surface area contributed by atoms with E-state index in [1.807, 2.05) is 11.8 Å². The van der Waals surface area contributed by atoms with E-state index >= 15 is 0 Å². The van der Waals surface area contributed by atoms with Crippen LogP contribution in [0, 0.1) is 11.3 Å². The summed E-state index contributed by atoms with van der Waals surface area (Å²) in [5.74, 6) is 0.796. The van der Waals surface area contributed by atoms with Crippen molar-refractivity contribution in [3.63, 3.8) is 0 Å². The van der Waals surface area contributed by atoms with E-state index in [-0.39, 0.29) is 17.4 Å². The van der Waals surface area contributed by atoms with E-state index < -0.39 is 0 Å². The molecule has 1 fully saturated rings. The number of carbonyl (C=O) groups is 1. The predicted octanol–water partition coefficient (Wildman–Crippen LogP) is 2.81. The molecular weight excluding hydrogens is 264 g/mol. The Labute approximate surface area is 130 Å². The molecule has 1 aliphatic heterocycles. The van der Waals surface area contributed by atoms with Gasteiger partial charge < -0.3 is 15.4 Å². The second kappa shape index (κ2) is 8.74. The number of likely N-dealkylation sites (tertiary alicyclic amines) is 1. The van der Waals surface area contributed by atoms with Gasteiger partial charge >= 0.3 is 0 Å². The Morgan fingerprint density at radius 1 is 1.38 bits per heavy atom. The van der Waals surface area contributed by atoms with E-state index in [4.69, 9.17) is 10.5 Å². The third-order valence-corrected chi connectivity index (χ3v) is 4.58. The van der Waals surface area contributed by atoms with Gasteiger partial charge in [0, 0.05) is 26.1 Å². The van der Waals surface area contributed by atoms with Gasteiger partial charge in [-0.2, -0.15) is 0 Å². The third-order valence-electron chi connectivity index (χ3n) is 4.58. The first kappa shape index (κ1) is 18.4. The molecule has 2 atom stereocenters. The fraction of sp³-hybridized carbons (Fsp3) is 0.941. The minimum absolute atomic E-state index is 0.218. The van der Waals surface area contributed by atoms with Gasteiger partial charge in [0.15, 0.2) is 0 Å². The lowest BCUT2D eigenvalue weighted by Crippen LogP contribution is -2.43. The zero-order valence-corrected chi connectivity index (χ0v) is 14.4. The van der Waals surface area contributed by atoms with Crippen LogP contribution >= 0.6 is 0 Å². The van der Waals surface area contributed by atoms with E-state index in [1.165, 1.54) is 0 Å². The Kier molecular flexibility index (Phi) is 7.67. The Morgan fingerprint density at radius 2 is 2.10 bits per heavy atom. The van der Waals surface area contributed by atoms with E-state index in [0.717, 1.165) is 45.4 Å². The molecule has 2 N–H and O–H groups in total. The molecule has 1 amide bonds. The van der Waals surface area contributed by atoms with Gasteiger partial charge in [0.05, 0.1) is 6.10 Å². The van der Waals surface area contributed by atoms with Gasteiger partial charge in [-0.15, -0.1) is 0 Å². The van der Waals surface area contributed by atoms with Gasteiger partial charge in [-0.1, -0.05) is 20.8 Å². The zero-order valence-electron chi connectivity index (χ0n) is 14.4. The van der Waals surface area contributed by atoms with Gasteiger partial charge in [0.1, 0.15) is 0 Å². The lowest BCUT2D eigenvalue weighted by atomic mass is 9.76.